The fraction of sp³-hybridized carbons (Fsp3) is 0.212. The van der Waals surface area contributed by atoms with Crippen molar-refractivity contribution in [3.63, 3.8) is 0 Å². The Morgan fingerprint density at radius 3 is 1.57 bits per heavy atom. The van der Waals surface area contributed by atoms with Gasteiger partial charge in [-0.1, -0.05) is 141 Å². The molecule has 0 bridgehead atoms. The van der Waals surface area contributed by atoms with Crippen LogP contribution in [0.2, 0.25) is 0 Å². The van der Waals surface area contributed by atoms with Gasteiger partial charge in [0.1, 0.15) is 7.14 Å². The van der Waals surface area contributed by atoms with Gasteiger partial charge in [-0.2, -0.15) is 0 Å². The van der Waals surface area contributed by atoms with Crippen molar-refractivity contribution in [1.29, 1.82) is 0 Å². The summed E-state index contributed by atoms with van der Waals surface area (Å²) in [5, 5.41) is 4.11. The van der Waals surface area contributed by atoms with Gasteiger partial charge in [-0.05, 0) is 25.2 Å². The summed E-state index contributed by atoms with van der Waals surface area (Å²) in [5.74, 6) is 0.599. The molecule has 0 heterocycles. The van der Waals surface area contributed by atoms with Gasteiger partial charge >= 0.3 is 0 Å². The fourth-order valence-corrected chi connectivity index (χ4v) is 11.8. The number of aryl methyl sites for hydroxylation is 1. The summed E-state index contributed by atoms with van der Waals surface area (Å²) in [5.41, 5.74) is 1.16. The molecular formula is C33H34O2P2. The van der Waals surface area contributed by atoms with Crippen molar-refractivity contribution in [3.8, 4) is 0 Å². The standard InChI is InChI=1S/C33H34O2P2/c1-25-15-18-30(19-16-25)36(34,28-10-6-4-7-11-28)31-20-22-32(23-21-31)37(35,29-12-8-5-9-13-29)33-24-26(2)14-17-27(33)3/h4-23,26-27,33H,24H2,1-3H3. The first kappa shape index (κ1) is 25.7. The Balaban J connectivity index is 1.65. The summed E-state index contributed by atoms with van der Waals surface area (Å²) >= 11 is 0. The van der Waals surface area contributed by atoms with E-state index >= 15 is 4.57 Å². The minimum absolute atomic E-state index is 0.0266. The predicted octanol–water partition coefficient (Wildman–Crippen LogP) is 6.55. The van der Waals surface area contributed by atoms with E-state index in [0.717, 1.165) is 38.5 Å². The smallest absolute Gasteiger partial charge is 0.171 e. The Morgan fingerprint density at radius 1 is 0.568 bits per heavy atom. The van der Waals surface area contributed by atoms with E-state index in [9.17, 15) is 4.57 Å². The zero-order chi connectivity index (χ0) is 26.0. The van der Waals surface area contributed by atoms with Crippen molar-refractivity contribution in [1.82, 2.24) is 0 Å². The normalized spacial score (nSPS) is 22.6. The van der Waals surface area contributed by atoms with Crippen LogP contribution in [0.1, 0.15) is 25.8 Å². The van der Waals surface area contributed by atoms with Crippen molar-refractivity contribution < 1.29 is 9.13 Å². The summed E-state index contributed by atoms with van der Waals surface area (Å²) in [6, 6.07) is 35.5. The van der Waals surface area contributed by atoms with E-state index in [1.54, 1.807) is 0 Å². The minimum Gasteiger partial charge on any atom is -0.313 e. The predicted molar refractivity (Wildman–Crippen MR) is 160 cm³/mol. The SMILES string of the molecule is Cc1ccc(P(=O)(c2ccccc2)c2ccc(P(=O)(c3ccccc3)C3CC(C)C=CC3C)cc2)cc1. The zero-order valence-corrected chi connectivity index (χ0v) is 23.5. The van der Waals surface area contributed by atoms with Gasteiger partial charge in [0.2, 0.25) is 0 Å². The summed E-state index contributed by atoms with van der Waals surface area (Å²) in [6.45, 7) is 6.42. The molecule has 5 rings (SSSR count). The van der Waals surface area contributed by atoms with Gasteiger partial charge in [-0.15, -0.1) is 0 Å². The molecule has 1 aliphatic rings. The maximum Gasteiger partial charge on any atom is 0.171 e. The molecule has 0 fully saturated rings. The molecule has 0 saturated carbocycles. The Morgan fingerprint density at radius 2 is 1.00 bits per heavy atom. The van der Waals surface area contributed by atoms with Crippen LogP contribution in [0.25, 0.3) is 0 Å². The average molecular weight is 525 g/mol. The van der Waals surface area contributed by atoms with Crippen LogP contribution in [-0.4, -0.2) is 5.66 Å². The highest BCUT2D eigenvalue weighted by Gasteiger charge is 2.41. The maximum absolute atomic E-state index is 15.2. The van der Waals surface area contributed by atoms with Crippen molar-refractivity contribution >= 4 is 40.8 Å². The summed E-state index contributed by atoms with van der Waals surface area (Å²) < 4.78 is 30.0. The second-order valence-electron chi connectivity index (χ2n) is 10.3. The van der Waals surface area contributed by atoms with Gasteiger partial charge in [-0.3, -0.25) is 0 Å². The van der Waals surface area contributed by atoms with E-state index < -0.39 is 14.3 Å². The van der Waals surface area contributed by atoms with Gasteiger partial charge < -0.3 is 9.13 Å². The first-order valence-corrected chi connectivity index (χ1v) is 16.5. The summed E-state index contributed by atoms with van der Waals surface area (Å²) in [7, 11) is -6.05. The average Bonchev–Trinajstić information content (AvgIpc) is 2.95. The van der Waals surface area contributed by atoms with E-state index in [1.165, 1.54) is 0 Å². The third-order valence-electron chi connectivity index (χ3n) is 7.68. The van der Waals surface area contributed by atoms with Crippen LogP contribution >= 0.6 is 14.3 Å². The molecule has 188 valence electrons. The quantitative estimate of drug-likeness (QED) is 0.212. The highest BCUT2D eigenvalue weighted by molar-refractivity contribution is 7.85. The Bertz CT molecular complexity index is 1470. The molecule has 4 heteroatoms. The molecule has 0 aliphatic heterocycles. The Labute approximate surface area is 221 Å². The Kier molecular flexibility index (Phi) is 7.26. The van der Waals surface area contributed by atoms with Gasteiger partial charge in [0.05, 0.1) is 0 Å². The Hall–Kier alpha value is -2.92. The molecule has 0 spiro atoms. The largest absolute Gasteiger partial charge is 0.313 e. The summed E-state index contributed by atoms with van der Waals surface area (Å²) in [6.07, 6.45) is 5.36. The molecule has 2 nitrogen and oxygen atoms in total. The van der Waals surface area contributed by atoms with Gasteiger partial charge in [-0.25, -0.2) is 0 Å². The van der Waals surface area contributed by atoms with Crippen molar-refractivity contribution in [2.24, 2.45) is 11.8 Å². The second kappa shape index (κ2) is 10.4. The van der Waals surface area contributed by atoms with E-state index in [4.69, 9.17) is 0 Å². The minimum atomic E-state index is -3.10. The van der Waals surface area contributed by atoms with E-state index in [-0.39, 0.29) is 11.6 Å². The van der Waals surface area contributed by atoms with E-state index in [0.29, 0.717) is 5.92 Å². The number of hydrogen-bond donors (Lipinski definition) is 0. The lowest BCUT2D eigenvalue weighted by Gasteiger charge is -2.36. The first-order chi connectivity index (χ1) is 17.8. The van der Waals surface area contributed by atoms with Crippen LogP contribution in [0, 0.1) is 18.8 Å². The lowest BCUT2D eigenvalue weighted by molar-refractivity contribution is 0.486. The van der Waals surface area contributed by atoms with Crippen LogP contribution in [0.3, 0.4) is 0 Å². The van der Waals surface area contributed by atoms with Crippen LogP contribution in [-0.2, 0) is 9.13 Å². The van der Waals surface area contributed by atoms with Crippen LogP contribution in [0.15, 0.2) is 121 Å². The molecular weight excluding hydrogens is 490 g/mol. The molecule has 0 amide bonds. The lowest BCUT2D eigenvalue weighted by atomic mass is 9.90. The molecule has 0 radical (unpaired) electrons. The molecule has 4 aromatic carbocycles. The molecule has 4 aromatic rings. The topological polar surface area (TPSA) is 34.1 Å². The highest BCUT2D eigenvalue weighted by Crippen LogP contribution is 2.55. The van der Waals surface area contributed by atoms with Crippen molar-refractivity contribution in [3.05, 3.63) is 127 Å². The van der Waals surface area contributed by atoms with Crippen LogP contribution in [0.5, 0.6) is 0 Å². The lowest BCUT2D eigenvalue weighted by Crippen LogP contribution is -2.33. The zero-order valence-electron chi connectivity index (χ0n) is 21.7. The van der Waals surface area contributed by atoms with Crippen LogP contribution in [0.4, 0.5) is 0 Å². The molecule has 0 aromatic heterocycles. The highest BCUT2D eigenvalue weighted by atomic mass is 31.2. The number of hydrogen-bond acceptors (Lipinski definition) is 2. The molecule has 0 N–H and O–H groups in total. The van der Waals surface area contributed by atoms with E-state index in [2.05, 4.69) is 26.0 Å². The summed E-state index contributed by atoms with van der Waals surface area (Å²) in [4.78, 5) is 0. The molecule has 0 saturated heterocycles. The molecule has 37 heavy (non-hydrogen) atoms. The first-order valence-electron chi connectivity index (χ1n) is 13.0. The third-order valence-corrected chi connectivity index (χ3v) is 14.5. The number of rotatable bonds is 6. The van der Waals surface area contributed by atoms with E-state index in [1.807, 2.05) is 116 Å². The number of benzene rings is 4. The molecule has 1 aliphatic carbocycles. The number of allylic oxidation sites excluding steroid dienone is 2. The van der Waals surface area contributed by atoms with Gasteiger partial charge in [0, 0.05) is 32.2 Å². The van der Waals surface area contributed by atoms with Crippen molar-refractivity contribution in [2.75, 3.05) is 0 Å². The van der Waals surface area contributed by atoms with Crippen molar-refractivity contribution in [2.45, 2.75) is 32.9 Å². The van der Waals surface area contributed by atoms with Gasteiger partial charge in [0.15, 0.2) is 7.14 Å². The molecule has 5 atom stereocenters. The molecule has 5 unspecified atom stereocenters. The van der Waals surface area contributed by atoms with Gasteiger partial charge in [0.25, 0.3) is 0 Å². The maximum atomic E-state index is 15.2. The fourth-order valence-electron chi connectivity index (χ4n) is 5.55. The third kappa shape index (κ3) is 4.74. The van der Waals surface area contributed by atoms with Crippen LogP contribution < -0.4 is 26.5 Å². The monoisotopic (exact) mass is 524 g/mol. The second-order valence-corrected chi connectivity index (χ2v) is 16.1.